The topological polar surface area (TPSA) is 79.5 Å². The molecule has 1 heterocycles. The zero-order valence-corrected chi connectivity index (χ0v) is 20.7. The van der Waals surface area contributed by atoms with Crippen LogP contribution in [-0.2, 0) is 15.8 Å². The molecule has 37 heavy (non-hydrogen) atoms. The zero-order chi connectivity index (χ0) is 26.3. The molecule has 3 aromatic carbocycles. The van der Waals surface area contributed by atoms with Gasteiger partial charge in [0.25, 0.3) is 0 Å². The predicted molar refractivity (Wildman–Crippen MR) is 135 cm³/mol. The van der Waals surface area contributed by atoms with Gasteiger partial charge < -0.3 is 15.4 Å². The van der Waals surface area contributed by atoms with Crippen molar-refractivity contribution in [3.63, 3.8) is 0 Å². The lowest BCUT2D eigenvalue weighted by molar-refractivity contribution is -0.274. The van der Waals surface area contributed by atoms with Crippen molar-refractivity contribution in [3.8, 4) is 5.75 Å². The SMILES string of the molecule is O=C(NCC(c1ccccc1)c1ccccc1)[C@@H]1CNC[C@H](NS(=O)c2ccc(OC(F)(F)F)cc2)C1. The molecule has 196 valence electrons. The van der Waals surface area contributed by atoms with E-state index in [1.54, 1.807) is 0 Å². The second kappa shape index (κ2) is 12.4. The quantitative estimate of drug-likeness (QED) is 0.388. The van der Waals surface area contributed by atoms with Crippen molar-refractivity contribution in [2.24, 2.45) is 5.92 Å². The first kappa shape index (κ1) is 26.8. The fourth-order valence-electron chi connectivity index (χ4n) is 4.36. The summed E-state index contributed by atoms with van der Waals surface area (Å²) in [4.78, 5) is 13.4. The molecule has 0 saturated carbocycles. The largest absolute Gasteiger partial charge is 0.573 e. The van der Waals surface area contributed by atoms with E-state index in [1.165, 1.54) is 12.1 Å². The molecule has 0 radical (unpaired) electrons. The van der Waals surface area contributed by atoms with Crippen LogP contribution in [0.1, 0.15) is 23.5 Å². The van der Waals surface area contributed by atoms with Gasteiger partial charge in [-0.1, -0.05) is 60.7 Å². The molecule has 1 aliphatic rings. The summed E-state index contributed by atoms with van der Waals surface area (Å²) in [6, 6.07) is 24.6. The smallest absolute Gasteiger partial charge is 0.406 e. The zero-order valence-electron chi connectivity index (χ0n) is 19.9. The van der Waals surface area contributed by atoms with Gasteiger partial charge in [-0.25, -0.2) is 8.93 Å². The number of carbonyl (C=O) groups is 1. The van der Waals surface area contributed by atoms with Crippen molar-refractivity contribution in [1.82, 2.24) is 15.4 Å². The van der Waals surface area contributed by atoms with Gasteiger partial charge in [0.15, 0.2) is 0 Å². The summed E-state index contributed by atoms with van der Waals surface area (Å²) >= 11 is 0. The van der Waals surface area contributed by atoms with Crippen LogP contribution in [0.2, 0.25) is 0 Å². The van der Waals surface area contributed by atoms with Gasteiger partial charge in [0, 0.05) is 31.6 Å². The molecular weight excluding hydrogens is 503 g/mol. The Morgan fingerprint density at radius 1 is 0.946 bits per heavy atom. The van der Waals surface area contributed by atoms with Crippen LogP contribution < -0.4 is 20.1 Å². The number of alkyl halides is 3. The predicted octanol–water partition coefficient (Wildman–Crippen LogP) is 4.12. The summed E-state index contributed by atoms with van der Waals surface area (Å²) in [5.41, 5.74) is 2.22. The number of carbonyl (C=O) groups excluding carboxylic acids is 1. The minimum absolute atomic E-state index is 0.00798. The van der Waals surface area contributed by atoms with Crippen LogP contribution in [0.15, 0.2) is 89.8 Å². The van der Waals surface area contributed by atoms with Gasteiger partial charge in [-0.05, 0) is 41.8 Å². The molecule has 1 unspecified atom stereocenters. The molecule has 1 fully saturated rings. The number of benzene rings is 3. The molecule has 3 N–H and O–H groups in total. The number of hydrogen-bond donors (Lipinski definition) is 3. The Balaban J connectivity index is 1.33. The molecule has 1 saturated heterocycles. The molecule has 6 nitrogen and oxygen atoms in total. The minimum Gasteiger partial charge on any atom is -0.406 e. The van der Waals surface area contributed by atoms with Gasteiger partial charge in [-0.3, -0.25) is 4.79 Å². The fraction of sp³-hybridized carbons (Fsp3) is 0.296. The monoisotopic (exact) mass is 531 g/mol. The number of piperidine rings is 1. The highest BCUT2D eigenvalue weighted by Gasteiger charge is 2.31. The van der Waals surface area contributed by atoms with Crippen molar-refractivity contribution in [1.29, 1.82) is 0 Å². The third-order valence-electron chi connectivity index (χ3n) is 6.15. The van der Waals surface area contributed by atoms with Crippen LogP contribution in [0.4, 0.5) is 13.2 Å². The molecule has 1 aliphatic heterocycles. The van der Waals surface area contributed by atoms with Crippen molar-refractivity contribution in [2.45, 2.75) is 29.6 Å². The van der Waals surface area contributed by atoms with Crippen LogP contribution in [0.3, 0.4) is 0 Å². The summed E-state index contributed by atoms with van der Waals surface area (Å²) in [5, 5.41) is 6.30. The van der Waals surface area contributed by atoms with Crippen molar-refractivity contribution in [2.75, 3.05) is 19.6 Å². The number of ether oxygens (including phenoxy) is 1. The lowest BCUT2D eigenvalue weighted by atomic mass is 9.90. The van der Waals surface area contributed by atoms with E-state index in [-0.39, 0.29) is 29.5 Å². The van der Waals surface area contributed by atoms with Crippen LogP contribution in [0, 0.1) is 5.92 Å². The van der Waals surface area contributed by atoms with Crippen molar-refractivity contribution in [3.05, 3.63) is 96.1 Å². The maximum absolute atomic E-state index is 13.1. The molecule has 0 aromatic heterocycles. The molecule has 0 aliphatic carbocycles. The van der Waals surface area contributed by atoms with Crippen LogP contribution in [0.25, 0.3) is 0 Å². The lowest BCUT2D eigenvalue weighted by Gasteiger charge is -2.30. The van der Waals surface area contributed by atoms with Gasteiger partial charge in [0.05, 0.1) is 10.8 Å². The van der Waals surface area contributed by atoms with E-state index in [0.717, 1.165) is 23.3 Å². The average Bonchev–Trinajstić information content (AvgIpc) is 2.89. The summed E-state index contributed by atoms with van der Waals surface area (Å²) < 4.78 is 56.6. The summed E-state index contributed by atoms with van der Waals surface area (Å²) in [7, 11) is -1.66. The Morgan fingerprint density at radius 3 is 2.11 bits per heavy atom. The van der Waals surface area contributed by atoms with Crippen LogP contribution in [-0.4, -0.2) is 42.2 Å². The van der Waals surface area contributed by atoms with Crippen molar-refractivity contribution >= 4 is 16.9 Å². The van der Waals surface area contributed by atoms with Gasteiger partial charge >= 0.3 is 6.36 Å². The van der Waals surface area contributed by atoms with Crippen LogP contribution >= 0.6 is 0 Å². The Morgan fingerprint density at radius 2 is 1.54 bits per heavy atom. The van der Waals surface area contributed by atoms with Gasteiger partial charge in [0.1, 0.15) is 16.7 Å². The van der Waals surface area contributed by atoms with E-state index >= 15 is 0 Å². The first-order chi connectivity index (χ1) is 17.8. The molecule has 0 bridgehead atoms. The highest BCUT2D eigenvalue weighted by Crippen LogP contribution is 2.25. The lowest BCUT2D eigenvalue weighted by Crippen LogP contribution is -2.51. The third-order valence-corrected chi connectivity index (χ3v) is 7.40. The van der Waals surface area contributed by atoms with E-state index in [9.17, 15) is 22.2 Å². The second-order valence-corrected chi connectivity index (χ2v) is 10.1. The average molecular weight is 532 g/mol. The van der Waals surface area contributed by atoms with E-state index in [4.69, 9.17) is 0 Å². The summed E-state index contributed by atoms with van der Waals surface area (Å²) in [5.74, 6) is -0.782. The fourth-order valence-corrected chi connectivity index (χ4v) is 5.36. The highest BCUT2D eigenvalue weighted by molar-refractivity contribution is 7.83. The molecule has 3 aromatic rings. The third kappa shape index (κ3) is 7.88. The molecule has 10 heteroatoms. The van der Waals surface area contributed by atoms with E-state index < -0.39 is 17.3 Å². The first-order valence-electron chi connectivity index (χ1n) is 11.9. The number of hydrogen-bond acceptors (Lipinski definition) is 4. The molecule has 1 amide bonds. The Bertz CT molecular complexity index is 1140. The Kier molecular flexibility index (Phi) is 8.96. The summed E-state index contributed by atoms with van der Waals surface area (Å²) in [6.45, 7) is 1.46. The van der Waals surface area contributed by atoms with E-state index in [0.29, 0.717) is 31.0 Å². The number of amides is 1. The normalized spacial score (nSPS) is 18.8. The number of rotatable bonds is 9. The maximum Gasteiger partial charge on any atom is 0.573 e. The molecule has 4 rings (SSSR count). The number of halogens is 3. The number of nitrogens with one attached hydrogen (secondary N) is 3. The second-order valence-electron chi connectivity index (χ2n) is 8.81. The van der Waals surface area contributed by atoms with Gasteiger partial charge in [-0.15, -0.1) is 13.2 Å². The molecule has 3 atom stereocenters. The standard InChI is InChI=1S/C27H28F3N3O3S/c28-27(29,30)36-23-11-13-24(14-12-23)37(35)33-22-15-21(16-31-17-22)26(34)32-18-25(19-7-3-1-4-8-19)20-9-5-2-6-10-20/h1-14,21-22,25,31,33H,15-18H2,(H,32,34)/t21-,22+,37?/m0/s1. The van der Waals surface area contributed by atoms with E-state index in [1.807, 2.05) is 60.7 Å². The van der Waals surface area contributed by atoms with Crippen LogP contribution in [0.5, 0.6) is 5.75 Å². The van der Waals surface area contributed by atoms with Gasteiger partial charge in [0.2, 0.25) is 5.91 Å². The van der Waals surface area contributed by atoms with E-state index in [2.05, 4.69) is 20.1 Å². The molecular formula is C27H28F3N3O3S. The first-order valence-corrected chi connectivity index (χ1v) is 13.1. The van der Waals surface area contributed by atoms with Crippen molar-refractivity contribution < 1.29 is 26.9 Å². The Hall–Kier alpha value is -3.21. The minimum atomic E-state index is -4.79. The molecule has 0 spiro atoms. The van der Waals surface area contributed by atoms with Gasteiger partial charge in [-0.2, -0.15) is 0 Å². The highest BCUT2D eigenvalue weighted by atomic mass is 32.2. The Labute approximate surface area is 216 Å². The summed E-state index contributed by atoms with van der Waals surface area (Å²) in [6.07, 6.45) is -4.31. The maximum atomic E-state index is 13.1.